The number of hydrogen-bond donors (Lipinski definition) is 1. The van der Waals surface area contributed by atoms with Crippen LogP contribution in [0.25, 0.3) is 0 Å². The van der Waals surface area contributed by atoms with Crippen molar-refractivity contribution >= 4 is 11.7 Å². The molecule has 0 aliphatic carbocycles. The number of rotatable bonds is 5. The fourth-order valence-corrected chi connectivity index (χ4v) is 2.84. The number of fused-ring (bicyclic) bond motifs is 1. The van der Waals surface area contributed by atoms with Crippen molar-refractivity contribution in [3.63, 3.8) is 0 Å². The molecule has 1 aliphatic heterocycles. The fourth-order valence-electron chi connectivity index (χ4n) is 2.84. The van der Waals surface area contributed by atoms with E-state index in [0.717, 1.165) is 32.4 Å². The molecule has 0 aromatic heterocycles. The summed E-state index contributed by atoms with van der Waals surface area (Å²) in [5.41, 5.74) is 2.87. The van der Waals surface area contributed by atoms with Gasteiger partial charge in [0.05, 0.1) is 5.56 Å². The van der Waals surface area contributed by atoms with Gasteiger partial charge in [0.15, 0.2) is 0 Å². The van der Waals surface area contributed by atoms with Crippen LogP contribution in [-0.2, 0) is 0 Å². The van der Waals surface area contributed by atoms with Gasteiger partial charge in [-0.3, -0.25) is 0 Å². The molecule has 1 N–H and O–H groups in total. The van der Waals surface area contributed by atoms with Gasteiger partial charge in [-0.15, -0.1) is 0 Å². The van der Waals surface area contributed by atoms with E-state index in [9.17, 15) is 4.79 Å². The quantitative estimate of drug-likeness (QED) is 0.865. The van der Waals surface area contributed by atoms with E-state index in [4.69, 9.17) is 5.11 Å². The van der Waals surface area contributed by atoms with Crippen LogP contribution in [0.4, 0.5) is 5.69 Å². The van der Waals surface area contributed by atoms with Gasteiger partial charge in [0, 0.05) is 24.7 Å². The highest BCUT2D eigenvalue weighted by Crippen LogP contribution is 2.39. The molecule has 0 radical (unpaired) electrons. The van der Waals surface area contributed by atoms with Crippen LogP contribution < -0.4 is 4.90 Å². The standard InChI is InChI=1S/C15H21NO2/c1-3-5-12-10-16(8-4-2)14-7-6-11(15(17)18)9-13(12)14/h6-7,9,12H,3-5,8,10H2,1-2H3,(H,17,18). The maximum absolute atomic E-state index is 11.1. The van der Waals surface area contributed by atoms with E-state index >= 15 is 0 Å². The van der Waals surface area contributed by atoms with Crippen molar-refractivity contribution in [3.8, 4) is 0 Å². The average Bonchev–Trinajstić information content (AvgIpc) is 2.68. The monoisotopic (exact) mass is 247 g/mol. The van der Waals surface area contributed by atoms with Gasteiger partial charge >= 0.3 is 5.97 Å². The molecule has 0 saturated carbocycles. The SMILES string of the molecule is CCCC1CN(CCC)c2ccc(C(=O)O)cc21. The van der Waals surface area contributed by atoms with Crippen LogP contribution in [0, 0.1) is 0 Å². The number of carbonyl (C=O) groups is 1. The highest BCUT2D eigenvalue weighted by molar-refractivity contribution is 5.89. The number of aromatic carboxylic acids is 1. The molecule has 0 amide bonds. The Bertz CT molecular complexity index is 442. The predicted molar refractivity (Wildman–Crippen MR) is 73.6 cm³/mol. The highest BCUT2D eigenvalue weighted by atomic mass is 16.4. The molecule has 0 spiro atoms. The molecule has 1 aromatic carbocycles. The molecular formula is C15H21NO2. The molecule has 98 valence electrons. The highest BCUT2D eigenvalue weighted by Gasteiger charge is 2.28. The lowest BCUT2D eigenvalue weighted by atomic mass is 9.95. The first-order valence-corrected chi connectivity index (χ1v) is 6.79. The average molecular weight is 247 g/mol. The zero-order valence-electron chi connectivity index (χ0n) is 11.1. The maximum atomic E-state index is 11.1. The Morgan fingerprint density at radius 1 is 1.39 bits per heavy atom. The second-order valence-corrected chi connectivity index (χ2v) is 5.01. The molecule has 2 rings (SSSR count). The molecule has 3 nitrogen and oxygen atoms in total. The Balaban J connectivity index is 2.35. The third kappa shape index (κ3) is 2.35. The first-order chi connectivity index (χ1) is 8.67. The third-order valence-electron chi connectivity index (χ3n) is 3.63. The van der Waals surface area contributed by atoms with Crippen LogP contribution in [0.15, 0.2) is 18.2 Å². The second kappa shape index (κ2) is 5.42. The lowest BCUT2D eigenvalue weighted by Crippen LogP contribution is -2.22. The molecule has 1 unspecified atom stereocenters. The van der Waals surface area contributed by atoms with Crippen molar-refractivity contribution in [2.45, 2.75) is 39.0 Å². The van der Waals surface area contributed by atoms with Crippen LogP contribution in [0.1, 0.15) is 54.9 Å². The zero-order valence-corrected chi connectivity index (χ0v) is 11.1. The van der Waals surface area contributed by atoms with E-state index in [0.29, 0.717) is 11.5 Å². The molecule has 0 saturated heterocycles. The van der Waals surface area contributed by atoms with Gasteiger partial charge in [-0.25, -0.2) is 4.79 Å². The fraction of sp³-hybridized carbons (Fsp3) is 0.533. The molecule has 18 heavy (non-hydrogen) atoms. The van der Waals surface area contributed by atoms with E-state index in [1.165, 1.54) is 11.3 Å². The predicted octanol–water partition coefficient (Wildman–Crippen LogP) is 3.50. The van der Waals surface area contributed by atoms with E-state index in [1.807, 2.05) is 12.1 Å². The summed E-state index contributed by atoms with van der Waals surface area (Å²) >= 11 is 0. The van der Waals surface area contributed by atoms with Crippen molar-refractivity contribution in [3.05, 3.63) is 29.3 Å². The van der Waals surface area contributed by atoms with Crippen molar-refractivity contribution in [2.75, 3.05) is 18.0 Å². The Hall–Kier alpha value is -1.51. The number of nitrogens with zero attached hydrogens (tertiary/aromatic N) is 1. The first-order valence-electron chi connectivity index (χ1n) is 6.79. The van der Waals surface area contributed by atoms with Crippen molar-refractivity contribution in [2.24, 2.45) is 0 Å². The molecule has 0 bridgehead atoms. The number of hydrogen-bond acceptors (Lipinski definition) is 2. The molecule has 0 fully saturated rings. The Kier molecular flexibility index (Phi) is 3.90. The lowest BCUT2D eigenvalue weighted by Gasteiger charge is -2.18. The summed E-state index contributed by atoms with van der Waals surface area (Å²) < 4.78 is 0. The first kappa shape index (κ1) is 12.9. The molecular weight excluding hydrogens is 226 g/mol. The Morgan fingerprint density at radius 3 is 2.78 bits per heavy atom. The number of carboxylic acid groups (broad SMARTS) is 1. The smallest absolute Gasteiger partial charge is 0.335 e. The number of carboxylic acids is 1. The molecule has 1 aromatic rings. The van der Waals surface area contributed by atoms with E-state index < -0.39 is 5.97 Å². The van der Waals surface area contributed by atoms with Gasteiger partial charge in [0.25, 0.3) is 0 Å². The third-order valence-corrected chi connectivity index (χ3v) is 3.63. The van der Waals surface area contributed by atoms with Gasteiger partial charge in [-0.2, -0.15) is 0 Å². The maximum Gasteiger partial charge on any atom is 0.335 e. The minimum absolute atomic E-state index is 0.410. The van der Waals surface area contributed by atoms with Gasteiger partial charge in [0.1, 0.15) is 0 Å². The minimum Gasteiger partial charge on any atom is -0.478 e. The van der Waals surface area contributed by atoms with E-state index in [-0.39, 0.29) is 0 Å². The second-order valence-electron chi connectivity index (χ2n) is 5.01. The molecule has 1 atom stereocenters. The van der Waals surface area contributed by atoms with Crippen LogP contribution in [0.2, 0.25) is 0 Å². The van der Waals surface area contributed by atoms with Crippen LogP contribution in [0.5, 0.6) is 0 Å². The summed E-state index contributed by atoms with van der Waals surface area (Å²) in [6, 6.07) is 5.57. The summed E-state index contributed by atoms with van der Waals surface area (Å²) in [5.74, 6) is -0.335. The lowest BCUT2D eigenvalue weighted by molar-refractivity contribution is 0.0697. The van der Waals surface area contributed by atoms with Gasteiger partial charge < -0.3 is 10.0 Å². The van der Waals surface area contributed by atoms with Gasteiger partial charge in [-0.05, 0) is 36.6 Å². The molecule has 3 heteroatoms. The van der Waals surface area contributed by atoms with E-state index in [2.05, 4.69) is 18.7 Å². The van der Waals surface area contributed by atoms with Crippen molar-refractivity contribution < 1.29 is 9.90 Å². The number of anilines is 1. The van der Waals surface area contributed by atoms with Gasteiger partial charge in [0.2, 0.25) is 0 Å². The summed E-state index contributed by atoms with van der Waals surface area (Å²) in [6.45, 7) is 6.46. The topological polar surface area (TPSA) is 40.5 Å². The van der Waals surface area contributed by atoms with Crippen LogP contribution in [-0.4, -0.2) is 24.2 Å². The summed E-state index contributed by atoms with van der Waals surface area (Å²) in [4.78, 5) is 13.4. The van der Waals surface area contributed by atoms with Crippen molar-refractivity contribution in [1.82, 2.24) is 0 Å². The Morgan fingerprint density at radius 2 is 2.17 bits per heavy atom. The number of benzene rings is 1. The summed E-state index contributed by atoms with van der Waals surface area (Å²) in [6.07, 6.45) is 3.40. The molecule has 1 heterocycles. The minimum atomic E-state index is -0.831. The van der Waals surface area contributed by atoms with E-state index in [1.54, 1.807) is 6.07 Å². The summed E-state index contributed by atoms with van der Waals surface area (Å²) in [5, 5.41) is 9.09. The Labute approximate surface area is 108 Å². The van der Waals surface area contributed by atoms with Crippen LogP contribution >= 0.6 is 0 Å². The zero-order chi connectivity index (χ0) is 13.1. The van der Waals surface area contributed by atoms with Crippen molar-refractivity contribution in [1.29, 1.82) is 0 Å². The molecule has 1 aliphatic rings. The van der Waals surface area contributed by atoms with Crippen LogP contribution in [0.3, 0.4) is 0 Å². The largest absolute Gasteiger partial charge is 0.478 e. The summed E-state index contributed by atoms with van der Waals surface area (Å²) in [7, 11) is 0. The normalized spacial score (nSPS) is 17.9. The van der Waals surface area contributed by atoms with Gasteiger partial charge in [-0.1, -0.05) is 20.3 Å².